The molecular formula is C9H15BrF3NS. The SMILES string of the molecule is CC1(C)CN(CC(Br)C(F)(F)F)CCS1. The topological polar surface area (TPSA) is 3.24 Å². The van der Waals surface area contributed by atoms with Crippen LogP contribution in [-0.2, 0) is 0 Å². The highest BCUT2D eigenvalue weighted by atomic mass is 79.9. The lowest BCUT2D eigenvalue weighted by Crippen LogP contribution is -2.47. The summed E-state index contributed by atoms with van der Waals surface area (Å²) in [5.74, 6) is 0.907. The van der Waals surface area contributed by atoms with Crippen molar-refractivity contribution in [1.82, 2.24) is 4.90 Å². The van der Waals surface area contributed by atoms with E-state index in [2.05, 4.69) is 29.8 Å². The molecule has 1 rings (SSSR count). The van der Waals surface area contributed by atoms with Gasteiger partial charge in [-0.3, -0.25) is 4.90 Å². The van der Waals surface area contributed by atoms with Crippen LogP contribution in [0.2, 0.25) is 0 Å². The van der Waals surface area contributed by atoms with Crippen molar-refractivity contribution in [2.24, 2.45) is 0 Å². The van der Waals surface area contributed by atoms with Gasteiger partial charge in [0.25, 0.3) is 0 Å². The average molecular weight is 306 g/mol. The van der Waals surface area contributed by atoms with Crippen LogP contribution in [0, 0.1) is 0 Å². The van der Waals surface area contributed by atoms with Gasteiger partial charge in [0, 0.05) is 30.1 Å². The molecule has 0 aromatic carbocycles. The van der Waals surface area contributed by atoms with Gasteiger partial charge in [-0.1, -0.05) is 15.9 Å². The molecule has 0 aromatic rings. The first-order chi connectivity index (χ1) is 6.71. The third kappa shape index (κ3) is 4.53. The Kier molecular flexibility index (Phi) is 4.40. The van der Waals surface area contributed by atoms with Gasteiger partial charge in [-0.2, -0.15) is 24.9 Å². The summed E-state index contributed by atoms with van der Waals surface area (Å²) in [6, 6.07) is 0. The Labute approximate surface area is 101 Å². The van der Waals surface area contributed by atoms with Crippen LogP contribution in [0.1, 0.15) is 13.8 Å². The molecule has 0 N–H and O–H groups in total. The summed E-state index contributed by atoms with van der Waals surface area (Å²) in [7, 11) is 0. The monoisotopic (exact) mass is 305 g/mol. The van der Waals surface area contributed by atoms with Gasteiger partial charge in [-0.25, -0.2) is 0 Å². The van der Waals surface area contributed by atoms with E-state index in [9.17, 15) is 13.2 Å². The van der Waals surface area contributed by atoms with E-state index < -0.39 is 11.0 Å². The van der Waals surface area contributed by atoms with Gasteiger partial charge in [0.1, 0.15) is 4.83 Å². The minimum atomic E-state index is -4.14. The summed E-state index contributed by atoms with van der Waals surface area (Å²) in [4.78, 5) is 0.465. The van der Waals surface area contributed by atoms with E-state index in [0.29, 0.717) is 0 Å². The predicted molar refractivity (Wildman–Crippen MR) is 61.7 cm³/mol. The number of nitrogens with zero attached hydrogens (tertiary/aromatic N) is 1. The minimum absolute atomic E-state index is 0.0491. The number of alkyl halides is 4. The Morgan fingerprint density at radius 2 is 2.07 bits per heavy atom. The number of thioether (sulfide) groups is 1. The minimum Gasteiger partial charge on any atom is -0.300 e. The quantitative estimate of drug-likeness (QED) is 0.721. The van der Waals surface area contributed by atoms with E-state index in [0.717, 1.165) is 18.8 Å². The van der Waals surface area contributed by atoms with E-state index in [-0.39, 0.29) is 11.3 Å². The lowest BCUT2D eigenvalue weighted by atomic mass is 10.2. The molecule has 0 saturated carbocycles. The lowest BCUT2D eigenvalue weighted by Gasteiger charge is -2.38. The number of hydrogen-bond donors (Lipinski definition) is 0. The Bertz CT molecular complexity index is 220. The van der Waals surface area contributed by atoms with Crippen LogP contribution in [0.15, 0.2) is 0 Å². The third-order valence-corrected chi connectivity index (χ3v) is 4.38. The van der Waals surface area contributed by atoms with Crippen LogP contribution in [0.5, 0.6) is 0 Å². The van der Waals surface area contributed by atoms with Crippen molar-refractivity contribution in [3.63, 3.8) is 0 Å². The molecule has 1 aliphatic heterocycles. The fraction of sp³-hybridized carbons (Fsp3) is 1.00. The van der Waals surface area contributed by atoms with Crippen LogP contribution in [0.4, 0.5) is 13.2 Å². The summed E-state index contributed by atoms with van der Waals surface area (Å²) >= 11 is 4.52. The molecule has 1 heterocycles. The molecule has 1 nitrogen and oxygen atoms in total. The molecule has 1 atom stereocenters. The maximum absolute atomic E-state index is 12.3. The Morgan fingerprint density at radius 3 is 2.53 bits per heavy atom. The van der Waals surface area contributed by atoms with Crippen LogP contribution >= 0.6 is 27.7 Å². The van der Waals surface area contributed by atoms with Crippen LogP contribution < -0.4 is 0 Å². The average Bonchev–Trinajstić information content (AvgIpc) is 2.00. The third-order valence-electron chi connectivity index (χ3n) is 2.28. The maximum Gasteiger partial charge on any atom is 0.402 e. The fourth-order valence-electron chi connectivity index (χ4n) is 1.60. The van der Waals surface area contributed by atoms with Crippen molar-refractivity contribution in [3.05, 3.63) is 0 Å². The van der Waals surface area contributed by atoms with E-state index >= 15 is 0 Å². The second-order valence-corrected chi connectivity index (χ2v) is 7.26. The molecular weight excluding hydrogens is 291 g/mol. The van der Waals surface area contributed by atoms with E-state index in [4.69, 9.17) is 0 Å². The van der Waals surface area contributed by atoms with Crippen molar-refractivity contribution in [1.29, 1.82) is 0 Å². The van der Waals surface area contributed by atoms with Crippen LogP contribution in [-0.4, -0.2) is 46.0 Å². The molecule has 0 bridgehead atoms. The molecule has 0 aliphatic carbocycles. The van der Waals surface area contributed by atoms with E-state index in [1.54, 1.807) is 0 Å². The summed E-state index contributed by atoms with van der Waals surface area (Å²) in [6.07, 6.45) is -4.14. The fourth-order valence-corrected chi connectivity index (χ4v) is 3.19. The van der Waals surface area contributed by atoms with E-state index in [1.807, 2.05) is 16.7 Å². The maximum atomic E-state index is 12.3. The first kappa shape index (κ1) is 13.6. The van der Waals surface area contributed by atoms with Crippen molar-refractivity contribution < 1.29 is 13.2 Å². The molecule has 6 heteroatoms. The summed E-state index contributed by atoms with van der Waals surface area (Å²) in [6.45, 7) is 5.65. The second-order valence-electron chi connectivity index (χ2n) is 4.35. The number of rotatable bonds is 2. The Balaban J connectivity index is 2.45. The van der Waals surface area contributed by atoms with Gasteiger partial charge < -0.3 is 0 Å². The predicted octanol–water partition coefficient (Wildman–Crippen LogP) is 3.14. The van der Waals surface area contributed by atoms with E-state index in [1.165, 1.54) is 0 Å². The van der Waals surface area contributed by atoms with Crippen molar-refractivity contribution in [2.75, 3.05) is 25.4 Å². The molecule has 0 radical (unpaired) electrons. The van der Waals surface area contributed by atoms with Crippen LogP contribution in [0.3, 0.4) is 0 Å². The second kappa shape index (κ2) is 4.84. The largest absolute Gasteiger partial charge is 0.402 e. The van der Waals surface area contributed by atoms with Gasteiger partial charge in [0.05, 0.1) is 0 Å². The molecule has 15 heavy (non-hydrogen) atoms. The summed E-state index contributed by atoms with van der Waals surface area (Å²) in [5.41, 5.74) is 0. The standard InChI is InChI=1S/C9H15BrF3NS/c1-8(2)6-14(3-4-15-8)5-7(10)9(11,12)13/h7H,3-6H2,1-2H3. The van der Waals surface area contributed by atoms with Gasteiger partial charge in [0.15, 0.2) is 0 Å². The first-order valence-electron chi connectivity index (χ1n) is 4.78. The van der Waals surface area contributed by atoms with Crippen molar-refractivity contribution in [3.8, 4) is 0 Å². The van der Waals surface area contributed by atoms with Crippen molar-refractivity contribution >= 4 is 27.7 Å². The van der Waals surface area contributed by atoms with Crippen molar-refractivity contribution in [2.45, 2.75) is 29.6 Å². The molecule has 1 fully saturated rings. The highest BCUT2D eigenvalue weighted by Gasteiger charge is 2.40. The zero-order chi connectivity index (χ0) is 11.7. The number of halogens is 4. The lowest BCUT2D eigenvalue weighted by molar-refractivity contribution is -0.130. The van der Waals surface area contributed by atoms with Gasteiger partial charge in [-0.15, -0.1) is 0 Å². The molecule has 1 unspecified atom stereocenters. The molecule has 1 aliphatic rings. The number of hydrogen-bond acceptors (Lipinski definition) is 2. The molecule has 0 spiro atoms. The summed E-state index contributed by atoms with van der Waals surface area (Å²) in [5, 5.41) is 0. The zero-order valence-electron chi connectivity index (χ0n) is 8.77. The molecule has 1 saturated heterocycles. The van der Waals surface area contributed by atoms with Gasteiger partial charge in [0.2, 0.25) is 0 Å². The molecule has 0 aromatic heterocycles. The highest BCUT2D eigenvalue weighted by molar-refractivity contribution is 9.09. The summed E-state index contributed by atoms with van der Waals surface area (Å²) < 4.78 is 37.0. The highest BCUT2D eigenvalue weighted by Crippen LogP contribution is 2.32. The Hall–Kier alpha value is 0.580. The first-order valence-corrected chi connectivity index (χ1v) is 6.68. The zero-order valence-corrected chi connectivity index (χ0v) is 11.2. The molecule has 0 amide bonds. The van der Waals surface area contributed by atoms with Gasteiger partial charge in [-0.05, 0) is 13.8 Å². The van der Waals surface area contributed by atoms with Gasteiger partial charge >= 0.3 is 6.18 Å². The molecule has 90 valence electrons. The Morgan fingerprint density at radius 1 is 1.47 bits per heavy atom. The normalized spacial score (nSPS) is 25.2. The smallest absolute Gasteiger partial charge is 0.300 e. The van der Waals surface area contributed by atoms with Crippen LogP contribution in [0.25, 0.3) is 0 Å².